The molecule has 1 amide bonds. The van der Waals surface area contributed by atoms with Gasteiger partial charge in [0.15, 0.2) is 0 Å². The number of halogens is 1. The highest BCUT2D eigenvalue weighted by Gasteiger charge is 2.42. The minimum Gasteiger partial charge on any atom is -0.496 e. The predicted octanol–water partition coefficient (Wildman–Crippen LogP) is 2.98. The van der Waals surface area contributed by atoms with Crippen LogP contribution in [-0.2, 0) is 4.79 Å². The standard InChI is InChI=1S/C16H20BrNO5/c1-22-11-7-6-10(17)13(23-2)12(11)14(19)18-16(15(20)21)8-4-3-5-9-16/h6-7H,3-5,8-9H2,1-2H3,(H,18,19)(H,20,21). The lowest BCUT2D eigenvalue weighted by atomic mass is 9.81. The van der Waals surface area contributed by atoms with Crippen LogP contribution in [0.2, 0.25) is 0 Å². The van der Waals surface area contributed by atoms with Crippen molar-refractivity contribution < 1.29 is 24.2 Å². The first-order valence-corrected chi connectivity index (χ1v) is 8.21. The number of hydrogen-bond donors (Lipinski definition) is 2. The Kier molecular flexibility index (Phi) is 5.51. The van der Waals surface area contributed by atoms with E-state index in [1.165, 1.54) is 14.2 Å². The summed E-state index contributed by atoms with van der Waals surface area (Å²) in [7, 11) is 2.90. The second-order valence-corrected chi connectivity index (χ2v) is 6.41. The van der Waals surface area contributed by atoms with Crippen molar-refractivity contribution in [3.63, 3.8) is 0 Å². The fraction of sp³-hybridized carbons (Fsp3) is 0.500. The number of carbonyl (C=O) groups excluding carboxylic acids is 1. The van der Waals surface area contributed by atoms with Crippen LogP contribution in [0.1, 0.15) is 42.5 Å². The highest BCUT2D eigenvalue weighted by Crippen LogP contribution is 2.37. The number of methoxy groups -OCH3 is 2. The molecule has 7 heteroatoms. The fourth-order valence-electron chi connectivity index (χ4n) is 2.95. The molecule has 0 radical (unpaired) electrons. The Labute approximate surface area is 143 Å². The summed E-state index contributed by atoms with van der Waals surface area (Å²) < 4.78 is 11.1. The first-order valence-electron chi connectivity index (χ1n) is 7.41. The van der Waals surface area contributed by atoms with Crippen LogP contribution in [0.25, 0.3) is 0 Å². The van der Waals surface area contributed by atoms with E-state index in [9.17, 15) is 14.7 Å². The fourth-order valence-corrected chi connectivity index (χ4v) is 3.44. The van der Waals surface area contributed by atoms with Gasteiger partial charge in [0, 0.05) is 0 Å². The molecule has 2 rings (SSSR count). The van der Waals surface area contributed by atoms with E-state index in [4.69, 9.17) is 9.47 Å². The van der Waals surface area contributed by atoms with Crippen LogP contribution in [0, 0.1) is 0 Å². The summed E-state index contributed by atoms with van der Waals surface area (Å²) in [5, 5.41) is 12.3. The lowest BCUT2D eigenvalue weighted by molar-refractivity contribution is -0.145. The molecule has 1 saturated carbocycles. The number of carboxylic acids is 1. The van der Waals surface area contributed by atoms with Gasteiger partial charge in [-0.1, -0.05) is 19.3 Å². The van der Waals surface area contributed by atoms with E-state index < -0.39 is 17.4 Å². The van der Waals surface area contributed by atoms with Crippen LogP contribution in [0.4, 0.5) is 0 Å². The minimum absolute atomic E-state index is 0.190. The molecule has 0 aromatic heterocycles. The zero-order valence-corrected chi connectivity index (χ0v) is 14.7. The van der Waals surface area contributed by atoms with Crippen LogP contribution < -0.4 is 14.8 Å². The minimum atomic E-state index is -1.23. The maximum Gasteiger partial charge on any atom is 0.329 e. The van der Waals surface area contributed by atoms with Crippen molar-refractivity contribution in [2.24, 2.45) is 0 Å². The number of benzene rings is 1. The molecule has 1 aliphatic carbocycles. The summed E-state index contributed by atoms with van der Waals surface area (Å²) in [5.41, 5.74) is -1.04. The van der Waals surface area contributed by atoms with Gasteiger partial charge in [0.25, 0.3) is 5.91 Å². The Morgan fingerprint density at radius 3 is 2.35 bits per heavy atom. The first-order chi connectivity index (χ1) is 10.9. The summed E-state index contributed by atoms with van der Waals surface area (Å²) in [4.78, 5) is 24.5. The Balaban J connectivity index is 2.40. The van der Waals surface area contributed by atoms with Gasteiger partial charge in [-0.15, -0.1) is 0 Å². The Hall–Kier alpha value is -1.76. The van der Waals surface area contributed by atoms with E-state index in [-0.39, 0.29) is 5.56 Å². The normalized spacial score (nSPS) is 16.5. The number of ether oxygens (including phenoxy) is 2. The van der Waals surface area contributed by atoms with Crippen molar-refractivity contribution in [3.05, 3.63) is 22.2 Å². The molecule has 0 atom stereocenters. The first kappa shape index (κ1) is 17.6. The third-order valence-electron chi connectivity index (χ3n) is 4.19. The third kappa shape index (κ3) is 3.44. The molecule has 0 unspecified atom stereocenters. The molecule has 23 heavy (non-hydrogen) atoms. The maximum absolute atomic E-state index is 12.8. The SMILES string of the molecule is COc1ccc(Br)c(OC)c1C(=O)NC1(C(=O)O)CCCCC1. The van der Waals surface area contributed by atoms with Crippen LogP contribution >= 0.6 is 15.9 Å². The van der Waals surface area contributed by atoms with E-state index in [2.05, 4.69) is 21.2 Å². The molecule has 0 saturated heterocycles. The molecule has 0 bridgehead atoms. The average molecular weight is 386 g/mol. The molecule has 0 spiro atoms. The lowest BCUT2D eigenvalue weighted by Gasteiger charge is -2.34. The van der Waals surface area contributed by atoms with Crippen molar-refractivity contribution in [3.8, 4) is 11.5 Å². The van der Waals surface area contributed by atoms with Gasteiger partial charge in [-0.05, 0) is 40.9 Å². The molecule has 126 valence electrons. The predicted molar refractivity (Wildman–Crippen MR) is 88.2 cm³/mol. The van der Waals surface area contributed by atoms with E-state index in [0.29, 0.717) is 28.8 Å². The van der Waals surface area contributed by atoms with Gasteiger partial charge in [-0.3, -0.25) is 4.79 Å². The molecule has 1 aliphatic rings. The van der Waals surface area contributed by atoms with Gasteiger partial charge in [0.1, 0.15) is 22.6 Å². The monoisotopic (exact) mass is 385 g/mol. The van der Waals surface area contributed by atoms with Crippen LogP contribution in [-0.4, -0.2) is 36.7 Å². The molecule has 0 heterocycles. The number of carboxylic acid groups (broad SMARTS) is 1. The van der Waals surface area contributed by atoms with Crippen molar-refractivity contribution in [1.29, 1.82) is 0 Å². The second-order valence-electron chi connectivity index (χ2n) is 5.56. The number of amides is 1. The molecular formula is C16H20BrNO5. The lowest BCUT2D eigenvalue weighted by Crippen LogP contribution is -2.55. The van der Waals surface area contributed by atoms with Crippen molar-refractivity contribution >= 4 is 27.8 Å². The van der Waals surface area contributed by atoms with Gasteiger partial charge in [0.2, 0.25) is 0 Å². The van der Waals surface area contributed by atoms with E-state index in [1.54, 1.807) is 12.1 Å². The number of aliphatic carboxylic acids is 1. The molecular weight excluding hydrogens is 366 g/mol. The quantitative estimate of drug-likeness (QED) is 0.813. The van der Waals surface area contributed by atoms with Crippen LogP contribution in [0.3, 0.4) is 0 Å². The molecule has 1 aromatic carbocycles. The van der Waals surface area contributed by atoms with Gasteiger partial charge < -0.3 is 19.9 Å². The summed E-state index contributed by atoms with van der Waals surface area (Å²) in [6, 6.07) is 3.35. The van der Waals surface area contributed by atoms with Crippen LogP contribution in [0.15, 0.2) is 16.6 Å². The Morgan fingerprint density at radius 2 is 1.83 bits per heavy atom. The number of hydrogen-bond acceptors (Lipinski definition) is 4. The van der Waals surface area contributed by atoms with Crippen molar-refractivity contribution in [2.75, 3.05) is 14.2 Å². The maximum atomic E-state index is 12.8. The van der Waals surface area contributed by atoms with Gasteiger partial charge in [-0.25, -0.2) is 4.79 Å². The highest BCUT2D eigenvalue weighted by molar-refractivity contribution is 9.10. The summed E-state index contributed by atoms with van der Waals surface area (Å²) >= 11 is 3.33. The largest absolute Gasteiger partial charge is 0.496 e. The zero-order valence-electron chi connectivity index (χ0n) is 13.1. The van der Waals surface area contributed by atoms with Crippen LogP contribution in [0.5, 0.6) is 11.5 Å². The Bertz CT molecular complexity index is 611. The second kappa shape index (κ2) is 7.21. The average Bonchev–Trinajstić information content (AvgIpc) is 2.55. The zero-order chi connectivity index (χ0) is 17.0. The smallest absolute Gasteiger partial charge is 0.329 e. The van der Waals surface area contributed by atoms with Gasteiger partial charge >= 0.3 is 5.97 Å². The topological polar surface area (TPSA) is 84.9 Å². The molecule has 0 aliphatic heterocycles. The molecule has 6 nitrogen and oxygen atoms in total. The molecule has 1 fully saturated rings. The molecule has 1 aromatic rings. The van der Waals surface area contributed by atoms with Crippen molar-refractivity contribution in [2.45, 2.75) is 37.6 Å². The van der Waals surface area contributed by atoms with Gasteiger partial charge in [-0.2, -0.15) is 0 Å². The highest BCUT2D eigenvalue weighted by atomic mass is 79.9. The molecule has 2 N–H and O–H groups in total. The Morgan fingerprint density at radius 1 is 1.17 bits per heavy atom. The van der Waals surface area contributed by atoms with E-state index >= 15 is 0 Å². The summed E-state index contributed by atoms with van der Waals surface area (Å²) in [6.45, 7) is 0. The van der Waals surface area contributed by atoms with Gasteiger partial charge in [0.05, 0.1) is 18.7 Å². The third-order valence-corrected chi connectivity index (χ3v) is 4.82. The summed E-state index contributed by atoms with van der Waals surface area (Å²) in [6.07, 6.45) is 3.38. The number of carbonyl (C=O) groups is 2. The van der Waals surface area contributed by atoms with E-state index in [0.717, 1.165) is 19.3 Å². The number of nitrogens with one attached hydrogen (secondary N) is 1. The van der Waals surface area contributed by atoms with Crippen molar-refractivity contribution in [1.82, 2.24) is 5.32 Å². The van der Waals surface area contributed by atoms with E-state index in [1.807, 2.05) is 0 Å². The summed E-state index contributed by atoms with van der Waals surface area (Å²) in [5.74, 6) is -0.861. The number of rotatable bonds is 5.